The molecule has 1 heterocycles. The number of nitrogens with one attached hydrogen (secondary N) is 1. The molecular formula is C11H10Br2N4O. The number of carbonyl (C=O) groups is 1. The van der Waals surface area contributed by atoms with Crippen LogP contribution in [0.25, 0.3) is 0 Å². The van der Waals surface area contributed by atoms with E-state index in [2.05, 4.69) is 47.3 Å². The molecule has 0 aliphatic heterocycles. The van der Waals surface area contributed by atoms with E-state index in [1.807, 2.05) is 12.1 Å². The summed E-state index contributed by atoms with van der Waals surface area (Å²) in [6, 6.07) is 5.43. The predicted molar refractivity (Wildman–Crippen MR) is 74.0 cm³/mol. The monoisotopic (exact) mass is 372 g/mol. The van der Waals surface area contributed by atoms with Gasteiger partial charge in [0.2, 0.25) is 0 Å². The third-order valence-corrected chi connectivity index (χ3v) is 3.41. The van der Waals surface area contributed by atoms with Crippen molar-refractivity contribution in [1.29, 1.82) is 0 Å². The van der Waals surface area contributed by atoms with Crippen molar-refractivity contribution in [1.82, 2.24) is 20.1 Å². The number of halogens is 2. The van der Waals surface area contributed by atoms with Gasteiger partial charge in [-0.05, 0) is 34.1 Å². The Labute approximate surface area is 121 Å². The molecule has 0 fully saturated rings. The predicted octanol–water partition coefficient (Wildman–Crippen LogP) is 2.27. The zero-order valence-electron chi connectivity index (χ0n) is 9.52. The van der Waals surface area contributed by atoms with E-state index in [4.69, 9.17) is 0 Å². The third kappa shape index (κ3) is 3.17. The molecule has 0 aliphatic carbocycles. The largest absolute Gasteiger partial charge is 0.345 e. The molecule has 94 valence electrons. The molecule has 1 N–H and O–H groups in total. The maximum Gasteiger partial charge on any atom is 0.252 e. The van der Waals surface area contributed by atoms with E-state index in [9.17, 15) is 4.79 Å². The highest BCUT2D eigenvalue weighted by Gasteiger charge is 2.11. The molecule has 1 aromatic heterocycles. The number of aromatic nitrogens is 3. The zero-order chi connectivity index (χ0) is 13.1. The van der Waals surface area contributed by atoms with Crippen LogP contribution in [0.4, 0.5) is 0 Å². The van der Waals surface area contributed by atoms with E-state index >= 15 is 0 Å². The van der Waals surface area contributed by atoms with Crippen molar-refractivity contribution >= 4 is 37.8 Å². The van der Waals surface area contributed by atoms with Crippen LogP contribution in [0.2, 0.25) is 0 Å². The van der Waals surface area contributed by atoms with E-state index < -0.39 is 0 Å². The highest BCUT2D eigenvalue weighted by atomic mass is 79.9. The number of aryl methyl sites for hydroxylation is 1. The molecular weight excluding hydrogens is 364 g/mol. The molecule has 5 nitrogen and oxygen atoms in total. The van der Waals surface area contributed by atoms with Gasteiger partial charge in [0.15, 0.2) is 5.82 Å². The van der Waals surface area contributed by atoms with Gasteiger partial charge in [-0.15, -0.1) is 0 Å². The van der Waals surface area contributed by atoms with Gasteiger partial charge in [-0.3, -0.25) is 9.48 Å². The summed E-state index contributed by atoms with van der Waals surface area (Å²) in [5, 5.41) is 6.85. The van der Waals surface area contributed by atoms with Gasteiger partial charge in [-0.1, -0.05) is 15.9 Å². The summed E-state index contributed by atoms with van der Waals surface area (Å²) in [6.45, 7) is 0.304. The summed E-state index contributed by atoms with van der Waals surface area (Å²) in [6.07, 6.45) is 1.59. The van der Waals surface area contributed by atoms with Gasteiger partial charge in [0.1, 0.15) is 6.33 Å². The van der Waals surface area contributed by atoms with Crippen molar-refractivity contribution in [2.24, 2.45) is 7.05 Å². The quantitative estimate of drug-likeness (QED) is 0.897. The Balaban J connectivity index is 2.05. The van der Waals surface area contributed by atoms with Crippen LogP contribution in [0.1, 0.15) is 16.2 Å². The van der Waals surface area contributed by atoms with Gasteiger partial charge in [-0.2, -0.15) is 5.10 Å². The van der Waals surface area contributed by atoms with Crippen molar-refractivity contribution in [3.63, 3.8) is 0 Å². The van der Waals surface area contributed by atoms with Crippen molar-refractivity contribution in [3.05, 3.63) is 44.9 Å². The first kappa shape index (κ1) is 13.2. The van der Waals surface area contributed by atoms with Gasteiger partial charge in [0.25, 0.3) is 5.91 Å². The van der Waals surface area contributed by atoms with E-state index in [0.717, 1.165) is 8.95 Å². The summed E-state index contributed by atoms with van der Waals surface area (Å²) in [4.78, 5) is 16.0. The van der Waals surface area contributed by atoms with Crippen LogP contribution < -0.4 is 5.32 Å². The maximum atomic E-state index is 12.0. The van der Waals surface area contributed by atoms with Crippen LogP contribution in [0.5, 0.6) is 0 Å². The minimum Gasteiger partial charge on any atom is -0.345 e. The van der Waals surface area contributed by atoms with E-state index in [0.29, 0.717) is 17.9 Å². The molecule has 0 spiro atoms. The summed E-state index contributed by atoms with van der Waals surface area (Å²) < 4.78 is 3.19. The lowest BCUT2D eigenvalue weighted by Gasteiger charge is -2.05. The van der Waals surface area contributed by atoms with Crippen molar-refractivity contribution in [2.45, 2.75) is 6.54 Å². The number of nitrogens with zero attached hydrogens (tertiary/aromatic N) is 3. The third-order valence-electron chi connectivity index (χ3n) is 2.23. The fraction of sp³-hybridized carbons (Fsp3) is 0.182. The van der Waals surface area contributed by atoms with Crippen molar-refractivity contribution in [3.8, 4) is 0 Å². The van der Waals surface area contributed by atoms with Gasteiger partial charge in [-0.25, -0.2) is 4.98 Å². The summed E-state index contributed by atoms with van der Waals surface area (Å²) in [7, 11) is 1.78. The Morgan fingerprint density at radius 3 is 2.89 bits per heavy atom. The summed E-state index contributed by atoms with van der Waals surface area (Å²) in [5.74, 6) is 0.410. The minimum atomic E-state index is -0.171. The lowest BCUT2D eigenvalue weighted by Crippen LogP contribution is -2.23. The van der Waals surface area contributed by atoms with Crippen LogP contribution in [-0.4, -0.2) is 20.7 Å². The van der Waals surface area contributed by atoms with Gasteiger partial charge >= 0.3 is 0 Å². The molecule has 0 saturated heterocycles. The van der Waals surface area contributed by atoms with E-state index in [1.54, 1.807) is 24.1 Å². The molecule has 7 heteroatoms. The number of amides is 1. The van der Waals surface area contributed by atoms with E-state index in [-0.39, 0.29) is 5.91 Å². The van der Waals surface area contributed by atoms with Crippen LogP contribution in [0, 0.1) is 0 Å². The number of rotatable bonds is 3. The highest BCUT2D eigenvalue weighted by Crippen LogP contribution is 2.21. The molecule has 0 unspecified atom stereocenters. The standard InChI is InChI=1S/C11H10Br2N4O/c1-17-6-15-10(16-17)5-14-11(18)8-4-7(12)2-3-9(8)13/h2-4,6H,5H2,1H3,(H,14,18). The highest BCUT2D eigenvalue weighted by molar-refractivity contribution is 9.11. The van der Waals surface area contributed by atoms with Crippen molar-refractivity contribution in [2.75, 3.05) is 0 Å². The fourth-order valence-corrected chi connectivity index (χ4v) is 2.18. The van der Waals surface area contributed by atoms with E-state index in [1.165, 1.54) is 0 Å². The number of benzene rings is 1. The molecule has 0 aliphatic rings. The lowest BCUT2D eigenvalue weighted by atomic mass is 10.2. The maximum absolute atomic E-state index is 12.0. The second kappa shape index (κ2) is 5.62. The molecule has 1 amide bonds. The topological polar surface area (TPSA) is 59.8 Å². The smallest absolute Gasteiger partial charge is 0.252 e. The second-order valence-electron chi connectivity index (χ2n) is 3.64. The summed E-state index contributed by atoms with van der Waals surface area (Å²) in [5.41, 5.74) is 0.570. The molecule has 0 saturated carbocycles. The second-order valence-corrected chi connectivity index (χ2v) is 5.41. The zero-order valence-corrected chi connectivity index (χ0v) is 12.7. The van der Waals surface area contributed by atoms with Gasteiger partial charge < -0.3 is 5.32 Å². The number of hydrogen-bond acceptors (Lipinski definition) is 3. The van der Waals surface area contributed by atoms with Crippen LogP contribution in [0.3, 0.4) is 0 Å². The molecule has 2 rings (SSSR count). The Morgan fingerprint density at radius 1 is 1.44 bits per heavy atom. The molecule has 0 bridgehead atoms. The Morgan fingerprint density at radius 2 is 2.22 bits per heavy atom. The number of carbonyl (C=O) groups excluding carboxylic acids is 1. The first-order valence-electron chi connectivity index (χ1n) is 5.14. The SMILES string of the molecule is Cn1cnc(CNC(=O)c2cc(Br)ccc2Br)n1. The first-order valence-corrected chi connectivity index (χ1v) is 6.72. The van der Waals surface area contributed by atoms with Crippen LogP contribution in [0.15, 0.2) is 33.5 Å². The molecule has 0 radical (unpaired) electrons. The molecule has 1 aromatic carbocycles. The molecule has 18 heavy (non-hydrogen) atoms. The summed E-state index contributed by atoms with van der Waals surface area (Å²) >= 11 is 6.68. The average molecular weight is 374 g/mol. The number of hydrogen-bond donors (Lipinski definition) is 1. The van der Waals surface area contributed by atoms with Crippen LogP contribution >= 0.6 is 31.9 Å². The first-order chi connectivity index (χ1) is 8.56. The Hall–Kier alpha value is -1.21. The van der Waals surface area contributed by atoms with Crippen molar-refractivity contribution < 1.29 is 4.79 Å². The van der Waals surface area contributed by atoms with Gasteiger partial charge in [0, 0.05) is 16.0 Å². The molecule has 2 aromatic rings. The Kier molecular flexibility index (Phi) is 4.13. The van der Waals surface area contributed by atoms with Gasteiger partial charge in [0.05, 0.1) is 12.1 Å². The fourth-order valence-electron chi connectivity index (χ4n) is 1.39. The Bertz CT molecular complexity index is 582. The average Bonchev–Trinajstić information content (AvgIpc) is 2.75. The minimum absolute atomic E-state index is 0.171. The lowest BCUT2D eigenvalue weighted by molar-refractivity contribution is 0.0949. The van der Waals surface area contributed by atoms with Crippen LogP contribution in [-0.2, 0) is 13.6 Å². The molecule has 0 atom stereocenters. The normalized spacial score (nSPS) is 10.4.